The molecule has 2 N–H and O–H groups in total. The number of nitrogens with zero attached hydrogens (tertiary/aromatic N) is 5. The number of fused-ring (bicyclic) bond motifs is 2. The number of amides is 1. The number of carbonyl (C=O) groups excluding carboxylic acids is 2. The number of aromatic carboxylic acids is 1. The average molecular weight is 731 g/mol. The molecule has 0 saturated carbocycles. The molecule has 12 heteroatoms. The fourth-order valence-electron chi connectivity index (χ4n) is 7.68. The molecule has 53 heavy (non-hydrogen) atoms. The topological polar surface area (TPSA) is 122 Å². The number of nitrogens with one attached hydrogen (secondary N) is 1. The minimum absolute atomic E-state index is 0.120. The number of carboxylic acid groups (broad SMARTS) is 1. The predicted octanol–water partition coefficient (Wildman–Crippen LogP) is 7.03. The molecule has 2 aliphatic rings. The monoisotopic (exact) mass is 730 g/mol. The van der Waals surface area contributed by atoms with E-state index in [1.807, 2.05) is 95.2 Å². The van der Waals surface area contributed by atoms with Crippen LogP contribution in [0.2, 0.25) is 0 Å². The summed E-state index contributed by atoms with van der Waals surface area (Å²) in [7, 11) is 3.83. The van der Waals surface area contributed by atoms with Gasteiger partial charge in [0, 0.05) is 99.0 Å². The summed E-state index contributed by atoms with van der Waals surface area (Å²) < 4.78 is 15.0. The van der Waals surface area contributed by atoms with Crippen molar-refractivity contribution in [3.63, 3.8) is 0 Å². The van der Waals surface area contributed by atoms with E-state index in [0.29, 0.717) is 36.3 Å². The van der Waals surface area contributed by atoms with Crippen LogP contribution in [-0.4, -0.2) is 98.7 Å². The van der Waals surface area contributed by atoms with Crippen LogP contribution in [0.3, 0.4) is 0 Å². The zero-order valence-electron chi connectivity index (χ0n) is 33.5. The van der Waals surface area contributed by atoms with E-state index in [-0.39, 0.29) is 24.1 Å². The number of aryl methyl sites for hydroxylation is 2. The molecule has 0 bridgehead atoms. The number of rotatable bonds is 4. The Balaban J connectivity index is 0.000000222. The number of carbonyl (C=O) groups is 3. The minimum Gasteiger partial charge on any atom is -0.478 e. The third-order valence-corrected chi connectivity index (χ3v) is 9.79. The maximum absolute atomic E-state index is 12.7. The zero-order chi connectivity index (χ0) is 39.2. The molecule has 4 atom stereocenters. The highest BCUT2D eigenvalue weighted by Crippen LogP contribution is 2.32. The number of esters is 1. The summed E-state index contributed by atoms with van der Waals surface area (Å²) in [5.74, 6) is -1.19. The summed E-state index contributed by atoms with van der Waals surface area (Å²) in [6, 6.07) is 13.3. The second kappa shape index (κ2) is 15.0. The van der Waals surface area contributed by atoms with Gasteiger partial charge in [0.25, 0.3) is 0 Å². The van der Waals surface area contributed by atoms with E-state index >= 15 is 0 Å². The fraction of sp³-hybridized carbons (Fsp3) is 0.537. The van der Waals surface area contributed by atoms with E-state index in [1.165, 1.54) is 0 Å². The molecule has 0 radical (unpaired) electrons. The van der Waals surface area contributed by atoms with Gasteiger partial charge in [-0.05, 0) is 106 Å². The molecule has 12 nitrogen and oxygen atoms in total. The lowest BCUT2D eigenvalue weighted by Gasteiger charge is -2.45. The number of piperazine rings is 2. The normalized spacial score (nSPS) is 21.0. The molecular formula is C41H58N6O6. The first-order chi connectivity index (χ1) is 24.6. The first-order valence-electron chi connectivity index (χ1n) is 18.5. The number of ether oxygens (including phenoxy) is 2. The van der Waals surface area contributed by atoms with Gasteiger partial charge in [0.05, 0.1) is 22.2 Å². The lowest BCUT2D eigenvalue weighted by atomic mass is 10.1. The van der Waals surface area contributed by atoms with Crippen LogP contribution >= 0.6 is 0 Å². The van der Waals surface area contributed by atoms with Crippen LogP contribution < -0.4 is 15.1 Å². The van der Waals surface area contributed by atoms with Gasteiger partial charge in [-0.25, -0.2) is 14.4 Å². The van der Waals surface area contributed by atoms with Gasteiger partial charge in [0.2, 0.25) is 0 Å². The molecule has 4 heterocycles. The lowest BCUT2D eigenvalue weighted by molar-refractivity contribution is 0.00705. The van der Waals surface area contributed by atoms with Crippen molar-refractivity contribution in [3.8, 4) is 0 Å². The maximum atomic E-state index is 12.7. The Kier molecular flexibility index (Phi) is 11.2. The SMILES string of the molecule is CC1CN(C(=O)OC(C)(C)C)CC(C)N1c1ccc2c(C(=O)OC(C)(C)C)cn(C)c2c1.CC1CNCC(C)N1c1ccc2c(C(=O)O)cn(C)c2c1. The molecule has 4 unspecified atom stereocenters. The van der Waals surface area contributed by atoms with Gasteiger partial charge in [-0.15, -0.1) is 0 Å². The number of hydrogen-bond donors (Lipinski definition) is 2. The standard InChI is InChI=1S/C25H37N3O4.C16H21N3O2/c1-16-13-27(23(30)32-25(6,7)8)14-17(2)28(16)18-10-11-19-20(15-26(9)21(19)12-18)22(29)31-24(3,4)5;1-10-7-17-8-11(2)19(10)12-4-5-13-14(16(20)21)9-18(3)15(13)6-12/h10-12,15-17H,13-14H2,1-9H3;4-6,9-11,17H,7-8H2,1-3H3,(H,20,21). The van der Waals surface area contributed by atoms with Crippen molar-refractivity contribution in [2.75, 3.05) is 36.0 Å². The fourth-order valence-corrected chi connectivity index (χ4v) is 7.68. The molecule has 2 aromatic carbocycles. The minimum atomic E-state index is -0.878. The Morgan fingerprint density at radius 3 is 1.57 bits per heavy atom. The van der Waals surface area contributed by atoms with Gasteiger partial charge < -0.3 is 43.7 Å². The summed E-state index contributed by atoms with van der Waals surface area (Å²) in [5, 5.41) is 14.4. The van der Waals surface area contributed by atoms with E-state index in [4.69, 9.17) is 9.47 Å². The highest BCUT2D eigenvalue weighted by molar-refractivity contribution is 6.05. The summed E-state index contributed by atoms with van der Waals surface area (Å²) in [6.45, 7) is 23.0. The van der Waals surface area contributed by atoms with Crippen molar-refractivity contribution < 1.29 is 29.0 Å². The van der Waals surface area contributed by atoms with Gasteiger partial charge >= 0.3 is 18.0 Å². The number of aromatic nitrogens is 2. The molecule has 0 aliphatic carbocycles. The van der Waals surface area contributed by atoms with Crippen molar-refractivity contribution >= 4 is 51.2 Å². The molecule has 288 valence electrons. The van der Waals surface area contributed by atoms with Gasteiger partial charge in [-0.3, -0.25) is 0 Å². The van der Waals surface area contributed by atoms with Crippen molar-refractivity contribution in [2.45, 2.75) is 105 Å². The van der Waals surface area contributed by atoms with Crippen LogP contribution in [0.4, 0.5) is 16.2 Å². The van der Waals surface area contributed by atoms with E-state index in [9.17, 15) is 19.5 Å². The number of benzene rings is 2. The molecule has 6 rings (SSSR count). The summed E-state index contributed by atoms with van der Waals surface area (Å²) in [6.07, 6.45) is 3.24. The average Bonchev–Trinajstić information content (AvgIpc) is 3.55. The van der Waals surface area contributed by atoms with Crippen molar-refractivity contribution in [1.82, 2.24) is 19.4 Å². The summed E-state index contributed by atoms with van der Waals surface area (Å²) in [5.41, 5.74) is 4.03. The number of hydrogen-bond acceptors (Lipinski definition) is 8. The summed E-state index contributed by atoms with van der Waals surface area (Å²) in [4.78, 5) is 43.1. The Morgan fingerprint density at radius 1 is 0.679 bits per heavy atom. The summed E-state index contributed by atoms with van der Waals surface area (Å²) >= 11 is 0. The second-order valence-corrected chi connectivity index (χ2v) is 16.8. The van der Waals surface area contributed by atoms with Crippen LogP contribution in [0, 0.1) is 0 Å². The van der Waals surface area contributed by atoms with Crippen molar-refractivity contribution in [2.24, 2.45) is 14.1 Å². The van der Waals surface area contributed by atoms with E-state index in [0.717, 1.165) is 46.3 Å². The van der Waals surface area contributed by atoms with E-state index < -0.39 is 17.2 Å². The highest BCUT2D eigenvalue weighted by Gasteiger charge is 2.34. The molecule has 4 aromatic rings. The quantitative estimate of drug-likeness (QED) is 0.213. The smallest absolute Gasteiger partial charge is 0.410 e. The van der Waals surface area contributed by atoms with Gasteiger partial charge in [-0.1, -0.05) is 0 Å². The van der Waals surface area contributed by atoms with Gasteiger partial charge in [0.1, 0.15) is 11.2 Å². The molecule has 2 aromatic heterocycles. The molecule has 0 spiro atoms. The molecule has 2 fully saturated rings. The van der Waals surface area contributed by atoms with Crippen molar-refractivity contribution in [3.05, 3.63) is 59.9 Å². The first kappa shape index (κ1) is 39.5. The van der Waals surface area contributed by atoms with Gasteiger partial charge in [-0.2, -0.15) is 0 Å². The van der Waals surface area contributed by atoms with Crippen LogP contribution in [0.5, 0.6) is 0 Å². The first-order valence-corrected chi connectivity index (χ1v) is 18.5. The Bertz CT molecular complexity index is 1960. The largest absolute Gasteiger partial charge is 0.478 e. The van der Waals surface area contributed by atoms with Crippen LogP contribution in [0.15, 0.2) is 48.8 Å². The number of carboxylic acids is 1. The molecule has 2 saturated heterocycles. The van der Waals surface area contributed by atoms with Gasteiger partial charge in [0.15, 0.2) is 0 Å². The number of anilines is 2. The Labute approximate surface area is 313 Å². The van der Waals surface area contributed by atoms with E-state index in [2.05, 4.69) is 54.9 Å². The third-order valence-electron chi connectivity index (χ3n) is 9.79. The lowest BCUT2D eigenvalue weighted by Crippen LogP contribution is -2.58. The Hall–Kier alpha value is -4.71. The van der Waals surface area contributed by atoms with Crippen molar-refractivity contribution in [1.29, 1.82) is 0 Å². The third kappa shape index (κ3) is 8.75. The maximum Gasteiger partial charge on any atom is 0.410 e. The molecular weight excluding hydrogens is 672 g/mol. The zero-order valence-corrected chi connectivity index (χ0v) is 33.5. The second-order valence-electron chi connectivity index (χ2n) is 16.8. The van der Waals surface area contributed by atoms with E-state index in [1.54, 1.807) is 11.1 Å². The predicted molar refractivity (Wildman–Crippen MR) is 211 cm³/mol. The molecule has 1 amide bonds. The highest BCUT2D eigenvalue weighted by atomic mass is 16.6. The van der Waals surface area contributed by atoms with Crippen LogP contribution in [0.1, 0.15) is 90.0 Å². The van der Waals surface area contributed by atoms with Crippen LogP contribution in [0.25, 0.3) is 21.8 Å². The Morgan fingerprint density at radius 2 is 1.11 bits per heavy atom. The molecule has 2 aliphatic heterocycles. The van der Waals surface area contributed by atoms with Crippen LogP contribution in [-0.2, 0) is 23.6 Å².